The van der Waals surface area contributed by atoms with Crippen LogP contribution in [0, 0.1) is 0 Å². The van der Waals surface area contributed by atoms with Crippen molar-refractivity contribution < 1.29 is 9.90 Å². The van der Waals surface area contributed by atoms with Gasteiger partial charge in [-0.2, -0.15) is 0 Å². The fourth-order valence-corrected chi connectivity index (χ4v) is 2.65. The largest absolute Gasteiger partial charge is 0.480 e. The molecule has 0 saturated carbocycles. The van der Waals surface area contributed by atoms with Crippen LogP contribution in [0.25, 0.3) is 10.7 Å². The summed E-state index contributed by atoms with van der Waals surface area (Å²) in [5.41, 5.74) is 6.50. The third-order valence-electron chi connectivity index (χ3n) is 2.07. The van der Waals surface area contributed by atoms with Gasteiger partial charge in [0, 0.05) is 16.0 Å². The maximum absolute atomic E-state index is 10.7. The minimum atomic E-state index is -1.10. The Hall–Kier alpha value is -1.31. The molecule has 0 aliphatic carbocycles. The van der Waals surface area contributed by atoms with Crippen molar-refractivity contribution in [3.63, 3.8) is 0 Å². The van der Waals surface area contributed by atoms with Gasteiger partial charge in [0.25, 0.3) is 0 Å². The van der Waals surface area contributed by atoms with Crippen LogP contribution >= 0.6 is 27.3 Å². The van der Waals surface area contributed by atoms with E-state index in [4.69, 9.17) is 10.8 Å². The predicted octanol–water partition coefficient (Wildman–Crippen LogP) is 2.05. The number of hydrogen-bond acceptors (Lipinski definition) is 5. The average molecular weight is 314 g/mol. The molecular weight excluding hydrogens is 306 g/mol. The van der Waals surface area contributed by atoms with Gasteiger partial charge < -0.3 is 10.8 Å². The van der Waals surface area contributed by atoms with Crippen LogP contribution < -0.4 is 5.73 Å². The van der Waals surface area contributed by atoms with E-state index in [1.54, 1.807) is 17.6 Å². The highest BCUT2D eigenvalue weighted by Crippen LogP contribution is 2.29. The molecular formula is C10H8BrN3O2S. The van der Waals surface area contributed by atoms with Crippen LogP contribution in [-0.4, -0.2) is 21.0 Å². The van der Waals surface area contributed by atoms with Crippen molar-refractivity contribution in [2.45, 2.75) is 6.04 Å². The normalized spacial score (nSPS) is 12.4. The molecule has 0 saturated heterocycles. The van der Waals surface area contributed by atoms with E-state index in [-0.39, 0.29) is 0 Å². The zero-order valence-corrected chi connectivity index (χ0v) is 10.9. The molecule has 1 unspecified atom stereocenters. The summed E-state index contributed by atoms with van der Waals surface area (Å²) in [4.78, 5) is 19.1. The first-order valence-corrected chi connectivity index (χ1v) is 6.31. The van der Waals surface area contributed by atoms with Crippen molar-refractivity contribution in [2.24, 2.45) is 5.73 Å². The Morgan fingerprint density at radius 3 is 3.00 bits per heavy atom. The lowest BCUT2D eigenvalue weighted by Crippen LogP contribution is -2.20. The molecule has 2 heterocycles. The number of thiazole rings is 1. The second-order valence-corrected chi connectivity index (χ2v) is 4.94. The minimum Gasteiger partial charge on any atom is -0.480 e. The zero-order valence-electron chi connectivity index (χ0n) is 8.50. The number of aromatic nitrogens is 2. The molecule has 2 aromatic heterocycles. The van der Waals surface area contributed by atoms with Crippen LogP contribution in [0.3, 0.4) is 0 Å². The number of aliphatic carboxylic acids is 1. The lowest BCUT2D eigenvalue weighted by molar-refractivity contribution is -0.138. The number of halogens is 1. The van der Waals surface area contributed by atoms with Crippen molar-refractivity contribution in [3.8, 4) is 10.7 Å². The van der Waals surface area contributed by atoms with Crippen LogP contribution in [0.15, 0.2) is 28.2 Å². The van der Waals surface area contributed by atoms with Gasteiger partial charge in [-0.15, -0.1) is 11.3 Å². The van der Waals surface area contributed by atoms with Crippen LogP contribution in [0.5, 0.6) is 0 Å². The fraction of sp³-hybridized carbons (Fsp3) is 0.100. The third-order valence-corrected chi connectivity index (χ3v) is 3.57. The van der Waals surface area contributed by atoms with E-state index in [0.717, 1.165) is 4.47 Å². The van der Waals surface area contributed by atoms with Gasteiger partial charge in [-0.25, -0.2) is 4.98 Å². The molecule has 0 spiro atoms. The van der Waals surface area contributed by atoms with Crippen LogP contribution in [0.4, 0.5) is 0 Å². The number of hydrogen-bond donors (Lipinski definition) is 2. The average Bonchev–Trinajstić information content (AvgIpc) is 2.77. The summed E-state index contributed by atoms with van der Waals surface area (Å²) < 4.78 is 0.810. The number of carboxylic acid groups (broad SMARTS) is 1. The number of nitrogens with two attached hydrogens (primary N) is 1. The molecule has 0 aliphatic heterocycles. The standard InChI is InChI=1S/C10H8BrN3O2S/c11-5-2-1-3-13-8(5)9-14-6(4-17-9)7(12)10(15)16/h1-4,7H,12H2,(H,15,16). The quantitative estimate of drug-likeness (QED) is 0.905. The summed E-state index contributed by atoms with van der Waals surface area (Å²) in [6.07, 6.45) is 1.65. The number of carbonyl (C=O) groups is 1. The SMILES string of the molecule is NC(C(=O)O)c1csc(-c2ncccc2Br)n1. The topological polar surface area (TPSA) is 89.1 Å². The van der Waals surface area contributed by atoms with Crippen molar-refractivity contribution >= 4 is 33.2 Å². The van der Waals surface area contributed by atoms with E-state index in [2.05, 4.69) is 25.9 Å². The van der Waals surface area contributed by atoms with Crippen LogP contribution in [0.2, 0.25) is 0 Å². The first kappa shape index (κ1) is 12.2. The molecule has 5 nitrogen and oxygen atoms in total. The molecule has 17 heavy (non-hydrogen) atoms. The summed E-state index contributed by atoms with van der Waals surface area (Å²) in [5, 5.41) is 11.1. The summed E-state index contributed by atoms with van der Waals surface area (Å²) in [5.74, 6) is -1.10. The van der Waals surface area contributed by atoms with Crippen molar-refractivity contribution in [1.82, 2.24) is 9.97 Å². The van der Waals surface area contributed by atoms with Gasteiger partial charge in [0.1, 0.15) is 16.7 Å². The van der Waals surface area contributed by atoms with Gasteiger partial charge in [-0.05, 0) is 28.1 Å². The molecule has 88 valence electrons. The maximum atomic E-state index is 10.7. The monoisotopic (exact) mass is 313 g/mol. The minimum absolute atomic E-state index is 0.343. The molecule has 1 atom stereocenters. The molecule has 0 aliphatic rings. The molecule has 0 aromatic carbocycles. The lowest BCUT2D eigenvalue weighted by Gasteiger charge is -2.01. The Bertz CT molecular complexity index is 558. The second-order valence-electron chi connectivity index (χ2n) is 3.23. The summed E-state index contributed by atoms with van der Waals surface area (Å²) in [6.45, 7) is 0. The highest BCUT2D eigenvalue weighted by molar-refractivity contribution is 9.10. The van der Waals surface area contributed by atoms with Crippen molar-refractivity contribution in [2.75, 3.05) is 0 Å². The van der Waals surface area contributed by atoms with Crippen LogP contribution in [0.1, 0.15) is 11.7 Å². The highest BCUT2D eigenvalue weighted by atomic mass is 79.9. The van der Waals surface area contributed by atoms with Gasteiger partial charge in [-0.3, -0.25) is 9.78 Å². The van der Waals surface area contributed by atoms with E-state index >= 15 is 0 Å². The number of carboxylic acids is 1. The maximum Gasteiger partial charge on any atom is 0.326 e. The Kier molecular flexibility index (Phi) is 3.51. The molecule has 2 aromatic rings. The molecule has 0 bridgehead atoms. The molecule has 7 heteroatoms. The number of nitrogens with zero attached hydrogens (tertiary/aromatic N) is 2. The van der Waals surface area contributed by atoms with Gasteiger partial charge >= 0.3 is 5.97 Å². The Morgan fingerprint density at radius 2 is 2.35 bits per heavy atom. The number of pyridine rings is 1. The van der Waals surface area contributed by atoms with E-state index in [1.807, 2.05) is 6.07 Å². The fourth-order valence-electron chi connectivity index (χ4n) is 1.21. The molecule has 3 N–H and O–H groups in total. The molecule has 0 radical (unpaired) electrons. The first-order valence-electron chi connectivity index (χ1n) is 4.64. The number of rotatable bonds is 3. The Balaban J connectivity index is 2.37. The predicted molar refractivity (Wildman–Crippen MR) is 67.6 cm³/mol. The van der Waals surface area contributed by atoms with Crippen LogP contribution in [-0.2, 0) is 4.79 Å². The van der Waals surface area contributed by atoms with Crippen molar-refractivity contribution in [3.05, 3.63) is 33.9 Å². The van der Waals surface area contributed by atoms with Gasteiger partial charge in [0.15, 0.2) is 0 Å². The zero-order chi connectivity index (χ0) is 12.4. The molecule has 0 amide bonds. The summed E-state index contributed by atoms with van der Waals surface area (Å²) in [7, 11) is 0. The van der Waals surface area contributed by atoms with Gasteiger partial charge in [-0.1, -0.05) is 0 Å². The van der Waals surface area contributed by atoms with E-state index in [1.165, 1.54) is 11.3 Å². The summed E-state index contributed by atoms with van der Waals surface area (Å²) >= 11 is 4.68. The lowest BCUT2D eigenvalue weighted by atomic mass is 10.2. The van der Waals surface area contributed by atoms with Gasteiger partial charge in [0.2, 0.25) is 0 Å². The van der Waals surface area contributed by atoms with Crippen molar-refractivity contribution in [1.29, 1.82) is 0 Å². The third kappa shape index (κ3) is 2.51. The second kappa shape index (κ2) is 4.91. The van der Waals surface area contributed by atoms with E-state index in [9.17, 15) is 4.79 Å². The Labute approximate surface area is 109 Å². The molecule has 0 fully saturated rings. The highest BCUT2D eigenvalue weighted by Gasteiger charge is 2.19. The Morgan fingerprint density at radius 1 is 1.59 bits per heavy atom. The summed E-state index contributed by atoms with van der Waals surface area (Å²) in [6, 6.07) is 2.55. The first-order chi connectivity index (χ1) is 8.09. The smallest absolute Gasteiger partial charge is 0.326 e. The van der Waals surface area contributed by atoms with Gasteiger partial charge in [0.05, 0.1) is 5.69 Å². The van der Waals surface area contributed by atoms with E-state index < -0.39 is 12.0 Å². The molecule has 2 rings (SSSR count). The van der Waals surface area contributed by atoms with E-state index in [0.29, 0.717) is 16.4 Å².